The normalized spacial score (nSPS) is 17.3. The molecule has 8 nitrogen and oxygen atoms in total. The zero-order chi connectivity index (χ0) is 12.0. The third-order valence-corrected chi connectivity index (χ3v) is 1.89. The molecule has 1 atom stereocenters. The van der Waals surface area contributed by atoms with Gasteiger partial charge in [0.15, 0.2) is 12.8 Å². The monoisotopic (exact) mass is 232 g/mol. The van der Waals surface area contributed by atoms with E-state index in [4.69, 9.17) is 31.4 Å². The predicted octanol–water partition coefficient (Wildman–Crippen LogP) is -1.80. The minimum Gasteiger partial charge on any atom is -0.409 e. The molecule has 16 heavy (non-hydrogen) atoms. The molecule has 0 aromatic heterocycles. The SMILES string of the molecule is NC(N)=NCCC[C@H](N)C(=O)OC1OCO1. The van der Waals surface area contributed by atoms with Gasteiger partial charge in [0.25, 0.3) is 0 Å². The van der Waals surface area contributed by atoms with Gasteiger partial charge >= 0.3 is 12.4 Å². The fraction of sp³-hybridized carbons (Fsp3) is 0.750. The van der Waals surface area contributed by atoms with Crippen LogP contribution in [0.5, 0.6) is 0 Å². The minimum atomic E-state index is -0.906. The van der Waals surface area contributed by atoms with Crippen molar-refractivity contribution in [2.75, 3.05) is 13.3 Å². The van der Waals surface area contributed by atoms with Crippen LogP contribution in [-0.2, 0) is 19.0 Å². The highest BCUT2D eigenvalue weighted by Gasteiger charge is 2.26. The van der Waals surface area contributed by atoms with Crippen LogP contribution in [0.25, 0.3) is 0 Å². The van der Waals surface area contributed by atoms with E-state index in [-0.39, 0.29) is 12.8 Å². The highest BCUT2D eigenvalue weighted by molar-refractivity contribution is 5.76. The molecular weight excluding hydrogens is 216 g/mol. The van der Waals surface area contributed by atoms with E-state index in [2.05, 4.69) is 4.99 Å². The summed E-state index contributed by atoms with van der Waals surface area (Å²) in [6, 6.07) is -0.720. The Kier molecular flexibility index (Phi) is 4.96. The minimum absolute atomic E-state index is 0.0208. The van der Waals surface area contributed by atoms with Crippen LogP contribution in [0.1, 0.15) is 12.8 Å². The van der Waals surface area contributed by atoms with Gasteiger partial charge in [-0.2, -0.15) is 0 Å². The number of aliphatic imine (C=N–C) groups is 1. The van der Waals surface area contributed by atoms with Crippen molar-refractivity contribution in [2.45, 2.75) is 25.4 Å². The molecule has 1 saturated heterocycles. The van der Waals surface area contributed by atoms with Crippen LogP contribution in [0, 0.1) is 0 Å². The average molecular weight is 232 g/mol. The Balaban J connectivity index is 2.10. The van der Waals surface area contributed by atoms with Crippen molar-refractivity contribution >= 4 is 11.9 Å². The van der Waals surface area contributed by atoms with Crippen molar-refractivity contribution in [1.29, 1.82) is 0 Å². The Morgan fingerprint density at radius 2 is 2.19 bits per heavy atom. The van der Waals surface area contributed by atoms with Crippen molar-refractivity contribution in [3.05, 3.63) is 0 Å². The summed E-state index contributed by atoms with van der Waals surface area (Å²) in [5.74, 6) is -0.540. The molecule has 1 heterocycles. The second-order valence-corrected chi connectivity index (χ2v) is 3.23. The van der Waals surface area contributed by atoms with Crippen LogP contribution in [0.4, 0.5) is 0 Å². The first kappa shape index (κ1) is 12.7. The molecule has 92 valence electrons. The second-order valence-electron chi connectivity index (χ2n) is 3.23. The number of carbonyl (C=O) groups is 1. The number of nitrogens with zero attached hydrogens (tertiary/aromatic N) is 1. The van der Waals surface area contributed by atoms with Gasteiger partial charge in [-0.3, -0.25) is 19.3 Å². The molecule has 0 aliphatic carbocycles. The maximum Gasteiger partial charge on any atom is 0.326 e. The molecule has 0 radical (unpaired) electrons. The fourth-order valence-corrected chi connectivity index (χ4v) is 1.01. The number of guanidine groups is 1. The Morgan fingerprint density at radius 1 is 1.50 bits per heavy atom. The highest BCUT2D eigenvalue weighted by Crippen LogP contribution is 2.09. The van der Waals surface area contributed by atoms with Crippen LogP contribution < -0.4 is 17.2 Å². The molecule has 1 rings (SSSR count). The molecule has 6 N–H and O–H groups in total. The lowest BCUT2D eigenvalue weighted by Crippen LogP contribution is -2.41. The van der Waals surface area contributed by atoms with Crippen LogP contribution in [0.3, 0.4) is 0 Å². The van der Waals surface area contributed by atoms with Gasteiger partial charge in [0.2, 0.25) is 0 Å². The van der Waals surface area contributed by atoms with Gasteiger partial charge in [-0.05, 0) is 12.8 Å². The number of hydrogen-bond donors (Lipinski definition) is 3. The van der Waals surface area contributed by atoms with E-state index in [0.717, 1.165) is 0 Å². The molecule has 1 aliphatic rings. The van der Waals surface area contributed by atoms with Crippen molar-refractivity contribution < 1.29 is 19.0 Å². The van der Waals surface area contributed by atoms with Gasteiger partial charge in [-0.25, -0.2) is 0 Å². The first-order valence-electron chi connectivity index (χ1n) is 4.84. The number of hydrogen-bond acceptors (Lipinski definition) is 6. The third kappa shape index (κ3) is 4.43. The summed E-state index contributed by atoms with van der Waals surface area (Å²) in [5.41, 5.74) is 15.8. The molecule has 0 spiro atoms. The number of ether oxygens (including phenoxy) is 3. The molecule has 8 heteroatoms. The third-order valence-electron chi connectivity index (χ3n) is 1.89. The number of esters is 1. The molecule has 0 saturated carbocycles. The molecule has 1 fully saturated rings. The van der Waals surface area contributed by atoms with E-state index in [9.17, 15) is 4.79 Å². The van der Waals surface area contributed by atoms with Crippen LogP contribution >= 0.6 is 0 Å². The Bertz CT molecular complexity index is 263. The van der Waals surface area contributed by atoms with Gasteiger partial charge in [0, 0.05) is 6.54 Å². The van der Waals surface area contributed by atoms with Crippen molar-refractivity contribution in [2.24, 2.45) is 22.2 Å². The lowest BCUT2D eigenvalue weighted by atomic mass is 10.2. The van der Waals surface area contributed by atoms with E-state index in [0.29, 0.717) is 19.4 Å². The lowest BCUT2D eigenvalue weighted by Gasteiger charge is -2.26. The molecule has 1 aliphatic heterocycles. The first-order valence-corrected chi connectivity index (χ1v) is 4.84. The van der Waals surface area contributed by atoms with Crippen molar-refractivity contribution in [3.63, 3.8) is 0 Å². The summed E-state index contributed by atoms with van der Waals surface area (Å²) in [6.45, 7) is -0.339. The van der Waals surface area contributed by atoms with E-state index < -0.39 is 18.5 Å². The molecule has 0 bridgehead atoms. The smallest absolute Gasteiger partial charge is 0.326 e. The summed E-state index contributed by atoms with van der Waals surface area (Å²) in [6.07, 6.45) is 1.03. The Hall–Kier alpha value is -1.38. The summed E-state index contributed by atoms with van der Waals surface area (Å²) < 4.78 is 14.2. The van der Waals surface area contributed by atoms with E-state index in [1.807, 2.05) is 0 Å². The number of rotatable bonds is 6. The number of nitrogens with two attached hydrogens (primary N) is 3. The van der Waals surface area contributed by atoms with Crippen molar-refractivity contribution in [3.8, 4) is 0 Å². The standard InChI is InChI=1S/C8H16N4O4/c9-5(2-1-3-12-7(10)11)6(13)16-8-14-4-15-8/h5,8H,1-4,9H2,(H4,10,11,12)/t5-/m0/s1. The quantitative estimate of drug-likeness (QED) is 0.213. The molecule has 0 aromatic carbocycles. The van der Waals surface area contributed by atoms with E-state index in [1.54, 1.807) is 0 Å². The topological polar surface area (TPSA) is 135 Å². The largest absolute Gasteiger partial charge is 0.409 e. The summed E-state index contributed by atoms with van der Waals surface area (Å²) in [4.78, 5) is 15.0. The van der Waals surface area contributed by atoms with Crippen LogP contribution in [-0.4, -0.2) is 37.8 Å². The average Bonchev–Trinajstić information content (AvgIpc) is 2.17. The molecule has 0 amide bonds. The fourth-order valence-electron chi connectivity index (χ4n) is 1.01. The molecular formula is C8H16N4O4. The molecule has 0 aromatic rings. The Labute approximate surface area is 92.7 Å². The first-order chi connectivity index (χ1) is 7.59. The molecule has 0 unspecified atom stereocenters. The second kappa shape index (κ2) is 6.26. The van der Waals surface area contributed by atoms with Gasteiger partial charge in [0.1, 0.15) is 6.04 Å². The summed E-state index contributed by atoms with van der Waals surface area (Å²) in [7, 11) is 0. The summed E-state index contributed by atoms with van der Waals surface area (Å²) in [5, 5.41) is 0. The zero-order valence-corrected chi connectivity index (χ0v) is 8.80. The van der Waals surface area contributed by atoms with E-state index in [1.165, 1.54) is 0 Å². The van der Waals surface area contributed by atoms with Crippen molar-refractivity contribution in [1.82, 2.24) is 0 Å². The van der Waals surface area contributed by atoms with Gasteiger partial charge < -0.3 is 21.9 Å². The maximum atomic E-state index is 11.3. The predicted molar refractivity (Wildman–Crippen MR) is 54.8 cm³/mol. The van der Waals surface area contributed by atoms with E-state index >= 15 is 0 Å². The summed E-state index contributed by atoms with van der Waals surface area (Å²) >= 11 is 0. The highest BCUT2D eigenvalue weighted by atomic mass is 17.0. The lowest BCUT2D eigenvalue weighted by molar-refractivity contribution is -0.407. The maximum absolute atomic E-state index is 11.3. The van der Waals surface area contributed by atoms with Crippen LogP contribution in [0.2, 0.25) is 0 Å². The number of carbonyl (C=O) groups excluding carboxylic acids is 1. The Morgan fingerprint density at radius 3 is 2.69 bits per heavy atom. The van der Waals surface area contributed by atoms with Gasteiger partial charge in [-0.1, -0.05) is 0 Å². The van der Waals surface area contributed by atoms with Crippen LogP contribution in [0.15, 0.2) is 4.99 Å². The van der Waals surface area contributed by atoms with Gasteiger partial charge in [-0.15, -0.1) is 0 Å². The zero-order valence-electron chi connectivity index (χ0n) is 8.80. The van der Waals surface area contributed by atoms with Gasteiger partial charge in [0.05, 0.1) is 0 Å².